The maximum absolute atomic E-state index is 11.5. The zero-order valence-corrected chi connectivity index (χ0v) is 9.78. The van der Waals surface area contributed by atoms with Gasteiger partial charge in [0.05, 0.1) is 0 Å². The molecular weight excluding hydrogens is 242 g/mol. The van der Waals surface area contributed by atoms with Crippen LogP contribution in [-0.2, 0) is 0 Å². The minimum absolute atomic E-state index is 0.0666. The van der Waals surface area contributed by atoms with E-state index >= 15 is 0 Å². The van der Waals surface area contributed by atoms with Gasteiger partial charge in [-0.25, -0.2) is 0 Å². The zero-order chi connectivity index (χ0) is 12.4. The standard InChI is InChI=1S/C11H10ClN3O2/c1-6-2-3-7(13)4-9(6)17-11-8(16)5-10(12)14-15-11/h2-5H,13H2,1H3,(H,14,16). The molecule has 5 nitrogen and oxygen atoms in total. The Bertz CT molecular complexity index is 610. The molecule has 17 heavy (non-hydrogen) atoms. The maximum Gasteiger partial charge on any atom is 0.285 e. The van der Waals surface area contributed by atoms with Crippen LogP contribution in [0.5, 0.6) is 11.6 Å². The summed E-state index contributed by atoms with van der Waals surface area (Å²) in [7, 11) is 0. The molecule has 0 unspecified atom stereocenters. The van der Waals surface area contributed by atoms with Crippen molar-refractivity contribution in [2.75, 3.05) is 5.73 Å². The fourth-order valence-corrected chi connectivity index (χ4v) is 1.41. The fraction of sp³-hybridized carbons (Fsp3) is 0.0909. The molecule has 0 radical (unpaired) electrons. The lowest BCUT2D eigenvalue weighted by Gasteiger charge is -2.07. The van der Waals surface area contributed by atoms with Gasteiger partial charge in [0, 0.05) is 17.8 Å². The number of aryl methyl sites for hydroxylation is 1. The molecule has 6 heteroatoms. The number of nitrogen functional groups attached to an aromatic ring is 1. The van der Waals surface area contributed by atoms with Crippen molar-refractivity contribution in [1.82, 2.24) is 10.2 Å². The normalized spacial score (nSPS) is 10.2. The van der Waals surface area contributed by atoms with E-state index in [-0.39, 0.29) is 11.0 Å². The van der Waals surface area contributed by atoms with E-state index in [1.54, 1.807) is 18.2 Å². The number of nitrogens with one attached hydrogen (secondary N) is 1. The number of halogens is 1. The summed E-state index contributed by atoms with van der Waals surface area (Å²) in [5, 5.41) is 6.32. The molecule has 3 N–H and O–H groups in total. The predicted molar refractivity (Wildman–Crippen MR) is 65.5 cm³/mol. The highest BCUT2D eigenvalue weighted by Gasteiger charge is 2.07. The summed E-state index contributed by atoms with van der Waals surface area (Å²) >= 11 is 5.58. The van der Waals surface area contributed by atoms with Gasteiger partial charge in [0.1, 0.15) is 10.9 Å². The van der Waals surface area contributed by atoms with Crippen molar-refractivity contribution in [2.24, 2.45) is 0 Å². The molecule has 0 fully saturated rings. The van der Waals surface area contributed by atoms with Gasteiger partial charge < -0.3 is 10.5 Å². The lowest BCUT2D eigenvalue weighted by molar-refractivity contribution is 0.447. The van der Waals surface area contributed by atoms with Crippen LogP contribution in [-0.4, -0.2) is 10.2 Å². The lowest BCUT2D eigenvalue weighted by Crippen LogP contribution is -2.07. The second-order valence-corrected chi connectivity index (χ2v) is 3.92. The fourth-order valence-electron chi connectivity index (χ4n) is 1.27. The molecule has 0 spiro atoms. The van der Waals surface area contributed by atoms with Crippen LogP contribution in [0.25, 0.3) is 0 Å². The maximum atomic E-state index is 11.5. The summed E-state index contributed by atoms with van der Waals surface area (Å²) in [6.45, 7) is 1.85. The Labute approximate surface area is 102 Å². The van der Waals surface area contributed by atoms with Crippen LogP contribution in [0.3, 0.4) is 0 Å². The number of aromatic amines is 1. The summed E-state index contributed by atoms with van der Waals surface area (Å²) < 4.78 is 5.38. The van der Waals surface area contributed by atoms with E-state index in [0.717, 1.165) is 5.56 Å². The molecule has 1 aromatic carbocycles. The van der Waals surface area contributed by atoms with Gasteiger partial charge in [0.25, 0.3) is 5.88 Å². The number of ether oxygens (including phenoxy) is 1. The van der Waals surface area contributed by atoms with Crippen LogP contribution < -0.4 is 15.9 Å². The number of nitrogens with zero attached hydrogens (tertiary/aromatic N) is 1. The smallest absolute Gasteiger partial charge is 0.285 e. The summed E-state index contributed by atoms with van der Waals surface area (Å²) in [5.41, 5.74) is 6.65. The molecule has 0 amide bonds. The van der Waals surface area contributed by atoms with Gasteiger partial charge in [-0.15, -0.1) is 5.10 Å². The number of hydrogen-bond donors (Lipinski definition) is 2. The summed E-state index contributed by atoms with van der Waals surface area (Å²) in [4.78, 5) is 11.5. The summed E-state index contributed by atoms with van der Waals surface area (Å²) in [5.74, 6) is 0.424. The van der Waals surface area contributed by atoms with E-state index in [1.165, 1.54) is 6.07 Å². The first kappa shape index (κ1) is 11.5. The zero-order valence-electron chi connectivity index (χ0n) is 9.03. The molecule has 0 aliphatic heterocycles. The second kappa shape index (κ2) is 4.47. The topological polar surface area (TPSA) is 81.0 Å². The number of rotatable bonds is 2. The molecule has 1 aromatic heterocycles. The van der Waals surface area contributed by atoms with Crippen molar-refractivity contribution in [3.63, 3.8) is 0 Å². The molecule has 0 saturated heterocycles. The number of nitrogens with two attached hydrogens (primary N) is 1. The Morgan fingerprint density at radius 3 is 2.88 bits per heavy atom. The SMILES string of the molecule is Cc1ccc(N)cc1Oc1n[nH]c(Cl)cc1=O. The van der Waals surface area contributed by atoms with Crippen LogP contribution in [0.1, 0.15) is 5.56 Å². The van der Waals surface area contributed by atoms with Crippen molar-refractivity contribution >= 4 is 17.3 Å². The van der Waals surface area contributed by atoms with Gasteiger partial charge in [0.15, 0.2) is 0 Å². The van der Waals surface area contributed by atoms with E-state index in [4.69, 9.17) is 22.1 Å². The molecule has 0 aliphatic rings. The molecule has 0 atom stereocenters. The van der Waals surface area contributed by atoms with Crippen LogP contribution in [0, 0.1) is 6.92 Å². The third kappa shape index (κ3) is 2.57. The highest BCUT2D eigenvalue weighted by Crippen LogP contribution is 2.24. The third-order valence-electron chi connectivity index (χ3n) is 2.15. The molecule has 0 aliphatic carbocycles. The number of anilines is 1. The van der Waals surface area contributed by atoms with Crippen LogP contribution in [0.2, 0.25) is 5.15 Å². The highest BCUT2D eigenvalue weighted by molar-refractivity contribution is 6.29. The van der Waals surface area contributed by atoms with Crippen molar-refractivity contribution in [3.8, 4) is 11.6 Å². The van der Waals surface area contributed by atoms with E-state index in [9.17, 15) is 4.79 Å². The van der Waals surface area contributed by atoms with Gasteiger partial charge in [-0.3, -0.25) is 9.89 Å². The third-order valence-corrected chi connectivity index (χ3v) is 2.35. The molecule has 0 saturated carbocycles. The lowest BCUT2D eigenvalue weighted by atomic mass is 10.2. The van der Waals surface area contributed by atoms with Gasteiger partial charge in [-0.2, -0.15) is 0 Å². The number of aromatic nitrogens is 2. The first-order valence-corrected chi connectivity index (χ1v) is 5.23. The molecule has 1 heterocycles. The average molecular weight is 252 g/mol. The van der Waals surface area contributed by atoms with E-state index in [1.807, 2.05) is 6.92 Å². The minimum Gasteiger partial charge on any atom is -0.434 e. The Morgan fingerprint density at radius 1 is 1.41 bits per heavy atom. The van der Waals surface area contributed by atoms with Crippen molar-refractivity contribution in [1.29, 1.82) is 0 Å². The van der Waals surface area contributed by atoms with Crippen LogP contribution in [0.15, 0.2) is 29.1 Å². The number of hydrogen-bond acceptors (Lipinski definition) is 4. The quantitative estimate of drug-likeness (QED) is 0.801. The summed E-state index contributed by atoms with van der Waals surface area (Å²) in [6.07, 6.45) is 0. The first-order valence-electron chi connectivity index (χ1n) is 4.85. The Kier molecular flexibility index (Phi) is 3.01. The van der Waals surface area contributed by atoms with E-state index in [2.05, 4.69) is 10.2 Å². The predicted octanol–water partition coefficient (Wildman–Crippen LogP) is 2.11. The van der Waals surface area contributed by atoms with E-state index in [0.29, 0.717) is 11.4 Å². The number of benzene rings is 1. The number of H-pyrrole nitrogens is 1. The van der Waals surface area contributed by atoms with Gasteiger partial charge >= 0.3 is 0 Å². The minimum atomic E-state index is -0.393. The van der Waals surface area contributed by atoms with Crippen molar-refractivity contribution < 1.29 is 4.74 Å². The molecule has 0 bridgehead atoms. The average Bonchev–Trinajstić information content (AvgIpc) is 2.27. The van der Waals surface area contributed by atoms with Gasteiger partial charge in [-0.1, -0.05) is 17.7 Å². The Morgan fingerprint density at radius 2 is 2.18 bits per heavy atom. The molecule has 88 valence electrons. The first-order chi connectivity index (χ1) is 8.06. The van der Waals surface area contributed by atoms with Crippen LogP contribution in [0.4, 0.5) is 5.69 Å². The van der Waals surface area contributed by atoms with Crippen molar-refractivity contribution in [2.45, 2.75) is 6.92 Å². The molecular formula is C11H10ClN3O2. The Balaban J connectivity index is 2.38. The summed E-state index contributed by atoms with van der Waals surface area (Å²) in [6, 6.07) is 6.38. The van der Waals surface area contributed by atoms with Crippen molar-refractivity contribution in [3.05, 3.63) is 45.2 Å². The largest absolute Gasteiger partial charge is 0.434 e. The second-order valence-electron chi connectivity index (χ2n) is 3.51. The van der Waals surface area contributed by atoms with Gasteiger partial charge in [0.2, 0.25) is 5.43 Å². The van der Waals surface area contributed by atoms with E-state index < -0.39 is 5.43 Å². The monoisotopic (exact) mass is 251 g/mol. The Hall–Kier alpha value is -2.01. The molecule has 2 rings (SSSR count). The van der Waals surface area contributed by atoms with Crippen LogP contribution >= 0.6 is 11.6 Å². The van der Waals surface area contributed by atoms with Gasteiger partial charge in [-0.05, 0) is 18.6 Å². The molecule has 2 aromatic rings. The highest BCUT2D eigenvalue weighted by atomic mass is 35.5.